The normalized spacial score (nSPS) is 10.7. The second-order valence-electron chi connectivity index (χ2n) is 4.51. The van der Waals surface area contributed by atoms with Crippen LogP contribution in [0.15, 0.2) is 18.2 Å². The number of hydrogen-bond acceptors (Lipinski definition) is 2. The maximum Gasteiger partial charge on any atom is 0.254 e. The van der Waals surface area contributed by atoms with Gasteiger partial charge in [0.2, 0.25) is 0 Å². The van der Waals surface area contributed by atoms with E-state index in [2.05, 4.69) is 5.32 Å². The molecule has 4 heteroatoms. The molecular formula is C14H20FNO2. The van der Waals surface area contributed by atoms with Crippen LogP contribution >= 0.6 is 0 Å². The number of ether oxygens (including phenoxy) is 1. The van der Waals surface area contributed by atoms with Gasteiger partial charge >= 0.3 is 0 Å². The van der Waals surface area contributed by atoms with Gasteiger partial charge in [0.15, 0.2) is 0 Å². The zero-order chi connectivity index (χ0) is 13.5. The van der Waals surface area contributed by atoms with E-state index in [4.69, 9.17) is 4.74 Å². The van der Waals surface area contributed by atoms with Crippen LogP contribution in [0.4, 0.5) is 4.39 Å². The molecule has 1 rings (SSSR count). The Morgan fingerprint density at radius 2 is 2.17 bits per heavy atom. The Kier molecular flexibility index (Phi) is 5.78. The highest BCUT2D eigenvalue weighted by atomic mass is 19.1. The molecular weight excluding hydrogens is 233 g/mol. The van der Waals surface area contributed by atoms with Crippen molar-refractivity contribution in [3.8, 4) is 0 Å². The summed E-state index contributed by atoms with van der Waals surface area (Å²) < 4.78 is 18.8. The minimum Gasteiger partial charge on any atom is -0.379 e. The first kappa shape index (κ1) is 14.6. The van der Waals surface area contributed by atoms with Gasteiger partial charge in [-0.15, -0.1) is 0 Å². The highest BCUT2D eigenvalue weighted by Crippen LogP contribution is 2.09. The van der Waals surface area contributed by atoms with Crippen LogP contribution in [0, 0.1) is 12.7 Å². The molecule has 0 atom stereocenters. The van der Waals surface area contributed by atoms with E-state index in [0.717, 1.165) is 12.0 Å². The van der Waals surface area contributed by atoms with Gasteiger partial charge in [0.25, 0.3) is 5.91 Å². The van der Waals surface area contributed by atoms with E-state index < -0.39 is 5.82 Å². The number of benzene rings is 1. The largest absolute Gasteiger partial charge is 0.379 e. The van der Waals surface area contributed by atoms with Crippen molar-refractivity contribution < 1.29 is 13.9 Å². The zero-order valence-corrected chi connectivity index (χ0v) is 11.1. The van der Waals surface area contributed by atoms with Gasteiger partial charge in [-0.1, -0.05) is 11.6 Å². The summed E-state index contributed by atoms with van der Waals surface area (Å²) in [4.78, 5) is 11.7. The van der Waals surface area contributed by atoms with E-state index >= 15 is 0 Å². The number of amides is 1. The molecule has 0 aliphatic heterocycles. The van der Waals surface area contributed by atoms with Crippen LogP contribution in [-0.4, -0.2) is 25.2 Å². The monoisotopic (exact) mass is 253 g/mol. The number of rotatable bonds is 6. The van der Waals surface area contributed by atoms with Gasteiger partial charge in [0.05, 0.1) is 11.7 Å². The highest BCUT2D eigenvalue weighted by molar-refractivity contribution is 5.94. The van der Waals surface area contributed by atoms with Crippen LogP contribution in [0.5, 0.6) is 0 Å². The van der Waals surface area contributed by atoms with Crippen LogP contribution in [-0.2, 0) is 4.74 Å². The van der Waals surface area contributed by atoms with Crippen LogP contribution in [0.2, 0.25) is 0 Å². The molecule has 100 valence electrons. The quantitative estimate of drug-likeness (QED) is 0.792. The molecule has 3 nitrogen and oxygen atoms in total. The van der Waals surface area contributed by atoms with Gasteiger partial charge in [-0.05, 0) is 39.3 Å². The molecule has 0 saturated carbocycles. The molecule has 1 N–H and O–H groups in total. The fourth-order valence-corrected chi connectivity index (χ4v) is 1.50. The first-order chi connectivity index (χ1) is 8.50. The Morgan fingerprint density at radius 1 is 1.44 bits per heavy atom. The van der Waals surface area contributed by atoms with Crippen molar-refractivity contribution in [3.05, 3.63) is 35.1 Å². The standard InChI is InChI=1S/C14H20FNO2/c1-10(2)18-8-4-7-16-14(17)12-9-11(3)5-6-13(12)15/h5-6,9-10H,4,7-8H2,1-3H3,(H,16,17). The van der Waals surface area contributed by atoms with Crippen molar-refractivity contribution >= 4 is 5.91 Å². The Balaban J connectivity index is 2.39. The van der Waals surface area contributed by atoms with Crippen LogP contribution in [0.25, 0.3) is 0 Å². The lowest BCUT2D eigenvalue weighted by Crippen LogP contribution is -2.26. The van der Waals surface area contributed by atoms with E-state index in [1.165, 1.54) is 6.07 Å². The lowest BCUT2D eigenvalue weighted by atomic mass is 10.1. The van der Waals surface area contributed by atoms with E-state index in [1.54, 1.807) is 12.1 Å². The van der Waals surface area contributed by atoms with Gasteiger partial charge in [-0.3, -0.25) is 4.79 Å². The maximum atomic E-state index is 13.4. The second-order valence-corrected chi connectivity index (χ2v) is 4.51. The molecule has 0 fully saturated rings. The summed E-state index contributed by atoms with van der Waals surface area (Å²) in [5, 5.41) is 2.68. The minimum absolute atomic E-state index is 0.0970. The summed E-state index contributed by atoms with van der Waals surface area (Å²) in [5.74, 6) is -0.864. The molecule has 18 heavy (non-hydrogen) atoms. The molecule has 0 aromatic heterocycles. The predicted octanol–water partition coefficient (Wildman–Crippen LogP) is 2.68. The van der Waals surface area contributed by atoms with E-state index in [-0.39, 0.29) is 17.6 Å². The summed E-state index contributed by atoms with van der Waals surface area (Å²) in [6.07, 6.45) is 0.909. The molecule has 0 aliphatic rings. The van der Waals surface area contributed by atoms with E-state index in [9.17, 15) is 9.18 Å². The number of aryl methyl sites for hydroxylation is 1. The summed E-state index contributed by atoms with van der Waals surface area (Å²) >= 11 is 0. The summed E-state index contributed by atoms with van der Waals surface area (Å²) in [6.45, 7) is 6.82. The average molecular weight is 253 g/mol. The third-order valence-electron chi connectivity index (χ3n) is 2.42. The van der Waals surface area contributed by atoms with Crippen LogP contribution in [0.3, 0.4) is 0 Å². The van der Waals surface area contributed by atoms with E-state index in [0.29, 0.717) is 13.2 Å². The molecule has 0 saturated heterocycles. The van der Waals surface area contributed by atoms with Crippen LogP contribution in [0.1, 0.15) is 36.2 Å². The number of hydrogen-bond donors (Lipinski definition) is 1. The van der Waals surface area contributed by atoms with Gasteiger partial charge in [-0.2, -0.15) is 0 Å². The van der Waals surface area contributed by atoms with Crippen molar-refractivity contribution in [2.45, 2.75) is 33.3 Å². The Bertz CT molecular complexity index is 405. The fraction of sp³-hybridized carbons (Fsp3) is 0.500. The smallest absolute Gasteiger partial charge is 0.254 e. The van der Waals surface area contributed by atoms with Crippen LogP contribution < -0.4 is 5.32 Å². The average Bonchev–Trinajstić information content (AvgIpc) is 2.31. The first-order valence-electron chi connectivity index (χ1n) is 6.16. The molecule has 0 heterocycles. The summed E-state index contributed by atoms with van der Waals surface area (Å²) in [5.41, 5.74) is 0.962. The molecule has 1 amide bonds. The Morgan fingerprint density at radius 3 is 2.83 bits per heavy atom. The zero-order valence-electron chi connectivity index (χ0n) is 11.1. The Labute approximate surface area is 107 Å². The number of carbonyl (C=O) groups is 1. The van der Waals surface area contributed by atoms with Gasteiger partial charge in [0, 0.05) is 13.2 Å². The third kappa shape index (κ3) is 4.84. The topological polar surface area (TPSA) is 38.3 Å². The molecule has 0 aliphatic carbocycles. The molecule has 0 bridgehead atoms. The molecule has 0 radical (unpaired) electrons. The van der Waals surface area contributed by atoms with Gasteiger partial charge in [0.1, 0.15) is 5.82 Å². The molecule has 0 unspecified atom stereocenters. The van der Waals surface area contributed by atoms with Crippen molar-refractivity contribution in [1.82, 2.24) is 5.32 Å². The molecule has 0 spiro atoms. The number of carbonyl (C=O) groups excluding carboxylic acids is 1. The lowest BCUT2D eigenvalue weighted by molar-refractivity contribution is 0.0756. The SMILES string of the molecule is Cc1ccc(F)c(C(=O)NCCCOC(C)C)c1. The van der Waals surface area contributed by atoms with Gasteiger partial charge in [-0.25, -0.2) is 4.39 Å². The van der Waals surface area contributed by atoms with Crippen molar-refractivity contribution in [1.29, 1.82) is 0 Å². The predicted molar refractivity (Wildman–Crippen MR) is 69.2 cm³/mol. The third-order valence-corrected chi connectivity index (χ3v) is 2.42. The first-order valence-corrected chi connectivity index (χ1v) is 6.16. The maximum absolute atomic E-state index is 13.4. The summed E-state index contributed by atoms with van der Waals surface area (Å²) in [7, 11) is 0. The van der Waals surface area contributed by atoms with Gasteiger partial charge < -0.3 is 10.1 Å². The number of halogens is 1. The summed E-state index contributed by atoms with van der Waals surface area (Å²) in [6, 6.07) is 4.50. The Hall–Kier alpha value is -1.42. The van der Waals surface area contributed by atoms with Crippen molar-refractivity contribution in [3.63, 3.8) is 0 Å². The molecule has 1 aromatic rings. The van der Waals surface area contributed by atoms with Crippen molar-refractivity contribution in [2.24, 2.45) is 0 Å². The minimum atomic E-state index is -0.489. The second kappa shape index (κ2) is 7.11. The fourth-order valence-electron chi connectivity index (χ4n) is 1.50. The van der Waals surface area contributed by atoms with Crippen molar-refractivity contribution in [2.75, 3.05) is 13.2 Å². The van der Waals surface area contributed by atoms with E-state index in [1.807, 2.05) is 20.8 Å². The lowest BCUT2D eigenvalue weighted by Gasteiger charge is -2.09. The molecule has 1 aromatic carbocycles. The number of nitrogens with one attached hydrogen (secondary N) is 1. The highest BCUT2D eigenvalue weighted by Gasteiger charge is 2.10.